The number of carboxylic acids is 1. The Bertz CT molecular complexity index is 587. The third-order valence-corrected chi connectivity index (χ3v) is 3.75. The van der Waals surface area contributed by atoms with Crippen LogP contribution in [0.5, 0.6) is 0 Å². The van der Waals surface area contributed by atoms with E-state index in [2.05, 4.69) is 4.98 Å². The number of rotatable bonds is 2. The molecule has 0 aliphatic heterocycles. The van der Waals surface area contributed by atoms with Crippen LogP contribution in [0.4, 0.5) is 0 Å². The highest BCUT2D eigenvalue weighted by Gasteiger charge is 2.18. The molecule has 88 valence electrons. The largest absolute Gasteiger partial charge is 0.477 e. The second-order valence-electron chi connectivity index (χ2n) is 3.96. The summed E-state index contributed by atoms with van der Waals surface area (Å²) < 4.78 is 0. The molecule has 4 heteroatoms. The zero-order valence-electron chi connectivity index (χ0n) is 9.94. The summed E-state index contributed by atoms with van der Waals surface area (Å²) in [7, 11) is 0. The van der Waals surface area contributed by atoms with Gasteiger partial charge in [0.05, 0.1) is 10.7 Å². The highest BCUT2D eigenvalue weighted by molar-refractivity contribution is 7.14. The van der Waals surface area contributed by atoms with E-state index >= 15 is 0 Å². The average molecular weight is 247 g/mol. The predicted octanol–water partition coefficient (Wildman–Crippen LogP) is 3.43. The van der Waals surface area contributed by atoms with E-state index in [1.54, 1.807) is 0 Å². The van der Waals surface area contributed by atoms with Crippen molar-refractivity contribution in [3.63, 3.8) is 0 Å². The molecule has 3 nitrogen and oxygen atoms in total. The van der Waals surface area contributed by atoms with E-state index in [4.69, 9.17) is 0 Å². The van der Waals surface area contributed by atoms with Crippen LogP contribution in [-0.4, -0.2) is 16.1 Å². The Labute approximate surface area is 104 Å². The molecule has 1 aromatic heterocycles. The van der Waals surface area contributed by atoms with Gasteiger partial charge in [0.15, 0.2) is 0 Å². The van der Waals surface area contributed by atoms with Crippen molar-refractivity contribution in [2.45, 2.75) is 20.8 Å². The van der Waals surface area contributed by atoms with E-state index in [-0.39, 0.29) is 0 Å². The SMILES string of the molecule is Cc1nc(-c2cccc(C)c2C)c(C(=O)O)s1. The van der Waals surface area contributed by atoms with Gasteiger partial charge in [-0.2, -0.15) is 0 Å². The highest BCUT2D eigenvalue weighted by atomic mass is 32.1. The minimum absolute atomic E-state index is 0.316. The fourth-order valence-corrected chi connectivity index (χ4v) is 2.53. The van der Waals surface area contributed by atoms with Gasteiger partial charge in [-0.25, -0.2) is 9.78 Å². The van der Waals surface area contributed by atoms with Crippen molar-refractivity contribution in [1.82, 2.24) is 4.98 Å². The van der Waals surface area contributed by atoms with Gasteiger partial charge in [0.25, 0.3) is 0 Å². The number of carboxylic acid groups (broad SMARTS) is 1. The standard InChI is InChI=1S/C13H13NO2S/c1-7-5-4-6-10(8(7)2)11-12(13(15)16)17-9(3)14-11/h4-6H,1-3H3,(H,15,16). The molecule has 0 radical (unpaired) electrons. The third-order valence-electron chi connectivity index (χ3n) is 2.79. The van der Waals surface area contributed by atoms with Gasteiger partial charge in [0, 0.05) is 5.56 Å². The van der Waals surface area contributed by atoms with E-state index in [0.29, 0.717) is 10.6 Å². The number of aromatic nitrogens is 1. The van der Waals surface area contributed by atoms with Crippen molar-refractivity contribution in [3.05, 3.63) is 39.2 Å². The van der Waals surface area contributed by atoms with Crippen LogP contribution in [0.2, 0.25) is 0 Å². The van der Waals surface area contributed by atoms with Gasteiger partial charge >= 0.3 is 5.97 Å². The highest BCUT2D eigenvalue weighted by Crippen LogP contribution is 2.31. The molecule has 0 spiro atoms. The number of benzene rings is 1. The normalized spacial score (nSPS) is 10.5. The molecule has 0 fully saturated rings. The maximum Gasteiger partial charge on any atom is 0.348 e. The van der Waals surface area contributed by atoms with Crippen LogP contribution >= 0.6 is 11.3 Å². The van der Waals surface area contributed by atoms with Crippen molar-refractivity contribution in [2.24, 2.45) is 0 Å². The van der Waals surface area contributed by atoms with Crippen LogP contribution in [0.3, 0.4) is 0 Å². The number of carbonyl (C=O) groups is 1. The number of nitrogens with zero attached hydrogens (tertiary/aromatic N) is 1. The van der Waals surface area contributed by atoms with Crippen LogP contribution < -0.4 is 0 Å². The third kappa shape index (κ3) is 2.08. The van der Waals surface area contributed by atoms with Crippen molar-refractivity contribution in [1.29, 1.82) is 0 Å². The first-order valence-electron chi connectivity index (χ1n) is 5.28. The molecule has 0 aliphatic rings. The molecule has 1 N–H and O–H groups in total. The zero-order valence-corrected chi connectivity index (χ0v) is 10.8. The Morgan fingerprint density at radius 1 is 1.29 bits per heavy atom. The van der Waals surface area contributed by atoms with Crippen LogP contribution in [0.1, 0.15) is 25.8 Å². The Balaban J connectivity index is 2.68. The quantitative estimate of drug-likeness (QED) is 0.884. The lowest BCUT2D eigenvalue weighted by Gasteiger charge is -2.06. The molecule has 0 aliphatic carbocycles. The summed E-state index contributed by atoms with van der Waals surface area (Å²) in [4.78, 5) is 15.8. The second kappa shape index (κ2) is 4.30. The summed E-state index contributed by atoms with van der Waals surface area (Å²) in [6.07, 6.45) is 0. The van der Waals surface area contributed by atoms with Gasteiger partial charge in [0.1, 0.15) is 4.88 Å². The molecule has 1 aromatic carbocycles. The first-order chi connectivity index (χ1) is 8.00. The summed E-state index contributed by atoms with van der Waals surface area (Å²) >= 11 is 1.22. The Morgan fingerprint density at radius 2 is 2.00 bits per heavy atom. The van der Waals surface area contributed by atoms with Crippen LogP contribution in [0.25, 0.3) is 11.3 Å². The van der Waals surface area contributed by atoms with Crippen LogP contribution in [0, 0.1) is 20.8 Å². The molecule has 0 amide bonds. The maximum atomic E-state index is 11.2. The van der Waals surface area contributed by atoms with E-state index in [9.17, 15) is 9.90 Å². The molecular weight excluding hydrogens is 234 g/mol. The van der Waals surface area contributed by atoms with E-state index in [1.807, 2.05) is 39.0 Å². The summed E-state index contributed by atoms with van der Waals surface area (Å²) in [5.41, 5.74) is 3.72. The lowest BCUT2D eigenvalue weighted by molar-refractivity contribution is 0.0702. The number of aromatic carboxylic acids is 1. The lowest BCUT2D eigenvalue weighted by Crippen LogP contribution is -1.97. The molecular formula is C13H13NO2S. The average Bonchev–Trinajstić information content (AvgIpc) is 2.64. The molecule has 17 heavy (non-hydrogen) atoms. The lowest BCUT2D eigenvalue weighted by atomic mass is 10.0. The molecule has 1 heterocycles. The fraction of sp³-hybridized carbons (Fsp3) is 0.231. The molecule has 0 bridgehead atoms. The van der Waals surface area contributed by atoms with E-state index < -0.39 is 5.97 Å². The molecule has 2 rings (SSSR count). The van der Waals surface area contributed by atoms with Crippen LogP contribution in [-0.2, 0) is 0 Å². The smallest absolute Gasteiger partial charge is 0.348 e. The molecule has 0 unspecified atom stereocenters. The maximum absolute atomic E-state index is 11.2. The second-order valence-corrected chi connectivity index (χ2v) is 5.17. The molecule has 2 aromatic rings. The molecule has 0 atom stereocenters. The summed E-state index contributed by atoms with van der Waals surface area (Å²) in [6.45, 7) is 5.83. The van der Waals surface area contributed by atoms with Crippen molar-refractivity contribution < 1.29 is 9.90 Å². The van der Waals surface area contributed by atoms with Gasteiger partial charge < -0.3 is 5.11 Å². The zero-order chi connectivity index (χ0) is 12.6. The monoisotopic (exact) mass is 247 g/mol. The van der Waals surface area contributed by atoms with Gasteiger partial charge in [-0.05, 0) is 31.9 Å². The first kappa shape index (κ1) is 11.8. The minimum Gasteiger partial charge on any atom is -0.477 e. The van der Waals surface area contributed by atoms with Crippen molar-refractivity contribution in [3.8, 4) is 11.3 Å². The topological polar surface area (TPSA) is 50.2 Å². The van der Waals surface area contributed by atoms with Crippen LogP contribution in [0.15, 0.2) is 18.2 Å². The Morgan fingerprint density at radius 3 is 2.65 bits per heavy atom. The fourth-order valence-electron chi connectivity index (χ4n) is 1.76. The molecule has 0 saturated carbocycles. The summed E-state index contributed by atoms with van der Waals surface area (Å²) in [5.74, 6) is -0.911. The predicted molar refractivity (Wildman–Crippen MR) is 68.7 cm³/mol. The van der Waals surface area contributed by atoms with E-state index in [1.165, 1.54) is 11.3 Å². The first-order valence-corrected chi connectivity index (χ1v) is 6.09. The Kier molecular flexibility index (Phi) is 2.98. The minimum atomic E-state index is -0.911. The van der Waals surface area contributed by atoms with Gasteiger partial charge in [-0.15, -0.1) is 11.3 Å². The van der Waals surface area contributed by atoms with Gasteiger partial charge in [-0.1, -0.05) is 18.2 Å². The van der Waals surface area contributed by atoms with E-state index in [0.717, 1.165) is 21.7 Å². The van der Waals surface area contributed by atoms with Crippen molar-refractivity contribution >= 4 is 17.3 Å². The number of hydrogen-bond acceptors (Lipinski definition) is 3. The summed E-state index contributed by atoms with van der Waals surface area (Å²) in [5, 5.41) is 9.95. The molecule has 0 saturated heterocycles. The Hall–Kier alpha value is -1.68. The van der Waals surface area contributed by atoms with Gasteiger partial charge in [-0.3, -0.25) is 0 Å². The van der Waals surface area contributed by atoms with Gasteiger partial charge in [0.2, 0.25) is 0 Å². The number of aryl methyl sites for hydroxylation is 2. The van der Waals surface area contributed by atoms with Crippen molar-refractivity contribution in [2.75, 3.05) is 0 Å². The summed E-state index contributed by atoms with van der Waals surface area (Å²) in [6, 6.07) is 5.86. The number of thiazole rings is 1. The number of hydrogen-bond donors (Lipinski definition) is 1.